The lowest BCUT2D eigenvalue weighted by atomic mass is 10.1. The van der Waals surface area contributed by atoms with E-state index in [4.69, 9.17) is 19.9 Å². The molecule has 9 heteroatoms. The molecule has 0 aliphatic carbocycles. The number of hydrogen-bond acceptors (Lipinski definition) is 7. The van der Waals surface area contributed by atoms with Crippen LogP contribution >= 0.6 is 15.9 Å². The van der Waals surface area contributed by atoms with E-state index in [1.807, 2.05) is 0 Å². The third-order valence-electron chi connectivity index (χ3n) is 2.61. The Morgan fingerprint density at radius 3 is 2.50 bits per heavy atom. The second-order valence-corrected chi connectivity index (χ2v) is 6.66. The fraction of sp³-hybridized carbons (Fsp3) is 0.533. The van der Waals surface area contributed by atoms with Gasteiger partial charge in [0.25, 0.3) is 0 Å². The number of benzene rings is 1. The van der Waals surface area contributed by atoms with Gasteiger partial charge in [-0.05, 0) is 36.7 Å². The Bertz CT molecular complexity index is 600. The third kappa shape index (κ3) is 6.42. The lowest BCUT2D eigenvalue weighted by Gasteiger charge is -2.20. The first kappa shape index (κ1) is 20.3. The number of nitrogens with two attached hydrogens (primary N) is 1. The van der Waals surface area contributed by atoms with Crippen LogP contribution in [-0.4, -0.2) is 42.9 Å². The summed E-state index contributed by atoms with van der Waals surface area (Å²) in [5.74, 6) is -0.620. The molecule has 0 atom stereocenters. The molecule has 0 heterocycles. The van der Waals surface area contributed by atoms with Crippen molar-refractivity contribution in [2.45, 2.75) is 26.4 Å². The molecule has 0 amide bonds. The molecule has 0 radical (unpaired) electrons. The maximum absolute atomic E-state index is 12.2. The SMILES string of the molecule is CC(C)(C)OC(=O)c1cc([N+](=O)[O-])c(OCCOCCN)cc1Br. The number of halogens is 1. The zero-order valence-corrected chi connectivity index (χ0v) is 15.4. The van der Waals surface area contributed by atoms with E-state index < -0.39 is 16.5 Å². The largest absolute Gasteiger partial charge is 0.484 e. The van der Waals surface area contributed by atoms with Gasteiger partial charge in [0.2, 0.25) is 0 Å². The quantitative estimate of drug-likeness (QED) is 0.306. The van der Waals surface area contributed by atoms with Gasteiger partial charge in [0.05, 0.1) is 23.7 Å². The van der Waals surface area contributed by atoms with E-state index >= 15 is 0 Å². The van der Waals surface area contributed by atoms with E-state index in [1.165, 1.54) is 6.07 Å². The lowest BCUT2D eigenvalue weighted by molar-refractivity contribution is -0.385. The zero-order chi connectivity index (χ0) is 18.3. The summed E-state index contributed by atoms with van der Waals surface area (Å²) < 4.78 is 16.1. The van der Waals surface area contributed by atoms with Crippen LogP contribution in [0.2, 0.25) is 0 Å². The second-order valence-electron chi connectivity index (χ2n) is 5.81. The van der Waals surface area contributed by atoms with Gasteiger partial charge in [-0.15, -0.1) is 0 Å². The fourth-order valence-corrected chi connectivity index (χ4v) is 2.17. The van der Waals surface area contributed by atoms with Gasteiger partial charge >= 0.3 is 11.7 Å². The minimum Gasteiger partial charge on any atom is -0.484 e. The van der Waals surface area contributed by atoms with Crippen molar-refractivity contribution >= 4 is 27.6 Å². The molecular weight excluding hydrogens is 384 g/mol. The highest BCUT2D eigenvalue weighted by atomic mass is 79.9. The highest BCUT2D eigenvalue weighted by molar-refractivity contribution is 9.10. The molecule has 1 aromatic rings. The van der Waals surface area contributed by atoms with Crippen LogP contribution in [0.3, 0.4) is 0 Å². The van der Waals surface area contributed by atoms with Gasteiger partial charge < -0.3 is 19.9 Å². The molecule has 1 rings (SSSR count). The summed E-state index contributed by atoms with van der Waals surface area (Å²) in [6.45, 7) is 6.28. The topological polar surface area (TPSA) is 114 Å². The molecule has 8 nitrogen and oxygen atoms in total. The van der Waals surface area contributed by atoms with Crippen molar-refractivity contribution < 1.29 is 23.9 Å². The Morgan fingerprint density at radius 2 is 1.96 bits per heavy atom. The summed E-state index contributed by atoms with van der Waals surface area (Å²) in [7, 11) is 0. The summed E-state index contributed by atoms with van der Waals surface area (Å²) in [6.07, 6.45) is 0. The maximum Gasteiger partial charge on any atom is 0.340 e. The number of nitro groups is 1. The van der Waals surface area contributed by atoms with Crippen LogP contribution in [0.25, 0.3) is 0 Å². The molecule has 0 aliphatic heterocycles. The van der Waals surface area contributed by atoms with Gasteiger partial charge in [0, 0.05) is 23.2 Å². The number of carbonyl (C=O) groups excluding carboxylic acids is 1. The molecule has 0 aliphatic rings. The van der Waals surface area contributed by atoms with E-state index in [1.54, 1.807) is 20.8 Å². The summed E-state index contributed by atoms with van der Waals surface area (Å²) >= 11 is 3.22. The van der Waals surface area contributed by atoms with Crippen LogP contribution < -0.4 is 10.5 Å². The summed E-state index contributed by atoms with van der Waals surface area (Å²) in [5, 5.41) is 11.2. The average Bonchev–Trinajstić information content (AvgIpc) is 2.44. The molecule has 1 aromatic carbocycles. The van der Waals surface area contributed by atoms with Crippen molar-refractivity contribution in [3.05, 3.63) is 32.3 Å². The molecule has 0 saturated heterocycles. The standard InChI is InChI=1S/C15H21BrN2O6/c1-15(2,3)24-14(19)10-8-12(18(20)21)13(9-11(10)16)23-7-6-22-5-4-17/h8-9H,4-7,17H2,1-3H3. The minimum atomic E-state index is -0.708. The van der Waals surface area contributed by atoms with E-state index in [2.05, 4.69) is 15.9 Å². The second kappa shape index (κ2) is 8.95. The molecular formula is C15H21BrN2O6. The third-order valence-corrected chi connectivity index (χ3v) is 3.27. The molecule has 0 bridgehead atoms. The van der Waals surface area contributed by atoms with Crippen molar-refractivity contribution in [3.63, 3.8) is 0 Å². The Morgan fingerprint density at radius 1 is 1.29 bits per heavy atom. The molecule has 2 N–H and O–H groups in total. The first-order valence-electron chi connectivity index (χ1n) is 7.27. The van der Waals surface area contributed by atoms with Crippen LogP contribution in [0.5, 0.6) is 5.75 Å². The number of ether oxygens (including phenoxy) is 3. The highest BCUT2D eigenvalue weighted by Crippen LogP contribution is 2.34. The first-order chi connectivity index (χ1) is 11.2. The van der Waals surface area contributed by atoms with Crippen LogP contribution in [0.4, 0.5) is 5.69 Å². The van der Waals surface area contributed by atoms with Crippen LogP contribution in [-0.2, 0) is 9.47 Å². The van der Waals surface area contributed by atoms with Crippen LogP contribution in [0.15, 0.2) is 16.6 Å². The first-order valence-corrected chi connectivity index (χ1v) is 8.07. The van der Waals surface area contributed by atoms with E-state index in [0.29, 0.717) is 17.6 Å². The van der Waals surface area contributed by atoms with Crippen molar-refractivity contribution in [1.29, 1.82) is 0 Å². The average molecular weight is 405 g/mol. The van der Waals surface area contributed by atoms with E-state index in [9.17, 15) is 14.9 Å². The molecule has 24 heavy (non-hydrogen) atoms. The molecule has 0 fully saturated rings. The molecule has 0 aromatic heterocycles. The van der Waals surface area contributed by atoms with Gasteiger partial charge in [0.1, 0.15) is 12.2 Å². The fourth-order valence-electron chi connectivity index (χ4n) is 1.69. The van der Waals surface area contributed by atoms with Crippen molar-refractivity contribution in [1.82, 2.24) is 0 Å². The summed E-state index contributed by atoms with van der Waals surface area (Å²) in [5.41, 5.74) is 4.32. The Kier molecular flexibility index (Phi) is 7.59. The number of carbonyl (C=O) groups is 1. The Labute approximate surface area is 148 Å². The molecule has 0 unspecified atom stereocenters. The van der Waals surface area contributed by atoms with Gasteiger partial charge in [0.15, 0.2) is 5.75 Å². The summed E-state index contributed by atoms with van der Waals surface area (Å²) in [4.78, 5) is 22.8. The van der Waals surface area contributed by atoms with Crippen LogP contribution in [0, 0.1) is 10.1 Å². The molecule has 0 spiro atoms. The number of rotatable bonds is 8. The number of nitro benzene ring substituents is 1. The number of esters is 1. The predicted octanol–water partition coefficient (Wildman–Crippen LogP) is 2.67. The molecule has 0 saturated carbocycles. The van der Waals surface area contributed by atoms with Gasteiger partial charge in [-0.1, -0.05) is 0 Å². The van der Waals surface area contributed by atoms with Gasteiger partial charge in [-0.3, -0.25) is 10.1 Å². The predicted molar refractivity (Wildman–Crippen MR) is 91.3 cm³/mol. The van der Waals surface area contributed by atoms with E-state index in [0.717, 1.165) is 6.07 Å². The summed E-state index contributed by atoms with van der Waals surface area (Å²) in [6, 6.07) is 2.51. The monoisotopic (exact) mass is 404 g/mol. The van der Waals surface area contributed by atoms with Crippen molar-refractivity contribution in [3.8, 4) is 5.75 Å². The lowest BCUT2D eigenvalue weighted by Crippen LogP contribution is -2.24. The Hall–Kier alpha value is -1.71. The van der Waals surface area contributed by atoms with Crippen molar-refractivity contribution in [2.75, 3.05) is 26.4 Å². The zero-order valence-electron chi connectivity index (χ0n) is 13.8. The van der Waals surface area contributed by atoms with E-state index in [-0.39, 0.29) is 30.2 Å². The maximum atomic E-state index is 12.2. The van der Waals surface area contributed by atoms with Gasteiger partial charge in [-0.25, -0.2) is 4.79 Å². The van der Waals surface area contributed by atoms with Crippen molar-refractivity contribution in [2.24, 2.45) is 5.73 Å². The Balaban J connectivity index is 2.97. The highest BCUT2D eigenvalue weighted by Gasteiger charge is 2.25. The number of nitrogens with zero attached hydrogens (tertiary/aromatic N) is 1. The smallest absolute Gasteiger partial charge is 0.340 e. The van der Waals surface area contributed by atoms with Crippen LogP contribution in [0.1, 0.15) is 31.1 Å². The molecule has 134 valence electrons. The number of hydrogen-bond donors (Lipinski definition) is 1. The normalized spacial score (nSPS) is 11.2. The van der Waals surface area contributed by atoms with Gasteiger partial charge in [-0.2, -0.15) is 0 Å². The minimum absolute atomic E-state index is 0.0375.